The first-order chi connectivity index (χ1) is 8.20. The molecule has 0 radical (unpaired) electrons. The lowest BCUT2D eigenvalue weighted by Gasteiger charge is -2.33. The zero-order chi connectivity index (χ0) is 12.3. The quantitative estimate of drug-likeness (QED) is 0.826. The normalized spacial score (nSPS) is 25.4. The first kappa shape index (κ1) is 15.7. The second kappa shape index (κ2) is 7.31. The molecule has 1 saturated heterocycles. The second-order valence-electron chi connectivity index (χ2n) is 5.51. The lowest BCUT2D eigenvalue weighted by molar-refractivity contribution is -0.133. The molecule has 18 heavy (non-hydrogen) atoms. The Morgan fingerprint density at radius 3 is 2.78 bits per heavy atom. The number of halogens is 1. The van der Waals surface area contributed by atoms with E-state index in [4.69, 9.17) is 10.5 Å². The molecule has 0 aromatic rings. The molecule has 2 unspecified atom stereocenters. The minimum atomic E-state index is 0. The zero-order valence-electron chi connectivity index (χ0n) is 11.1. The van der Waals surface area contributed by atoms with Crippen molar-refractivity contribution in [1.29, 1.82) is 0 Å². The van der Waals surface area contributed by atoms with E-state index in [1.165, 1.54) is 19.3 Å². The van der Waals surface area contributed by atoms with E-state index < -0.39 is 0 Å². The Hall–Kier alpha value is -0.320. The van der Waals surface area contributed by atoms with Crippen molar-refractivity contribution in [1.82, 2.24) is 4.90 Å². The highest BCUT2D eigenvalue weighted by molar-refractivity contribution is 5.85. The van der Waals surface area contributed by atoms with Gasteiger partial charge in [-0.3, -0.25) is 4.79 Å². The molecule has 4 nitrogen and oxygen atoms in total. The van der Waals surface area contributed by atoms with Crippen LogP contribution in [0.3, 0.4) is 0 Å². The summed E-state index contributed by atoms with van der Waals surface area (Å²) >= 11 is 0. The van der Waals surface area contributed by atoms with Crippen molar-refractivity contribution in [3.8, 4) is 0 Å². The van der Waals surface area contributed by atoms with Crippen molar-refractivity contribution < 1.29 is 9.53 Å². The molecular formula is C13H25ClN2O2. The van der Waals surface area contributed by atoms with Gasteiger partial charge in [0.1, 0.15) is 0 Å². The SMILES string of the molecule is COCC1CCCN(C(=O)CC(N)C2CC2)C1.Cl. The molecule has 1 heterocycles. The third kappa shape index (κ3) is 4.41. The Bertz CT molecular complexity index is 270. The highest BCUT2D eigenvalue weighted by Gasteiger charge is 2.32. The molecule has 2 atom stereocenters. The van der Waals surface area contributed by atoms with Crippen LogP contribution in [0, 0.1) is 11.8 Å². The highest BCUT2D eigenvalue weighted by atomic mass is 35.5. The molecular weight excluding hydrogens is 252 g/mol. The van der Waals surface area contributed by atoms with Crippen LogP contribution in [0.2, 0.25) is 0 Å². The molecule has 2 fully saturated rings. The van der Waals surface area contributed by atoms with Crippen LogP contribution in [-0.4, -0.2) is 43.7 Å². The first-order valence-electron chi connectivity index (χ1n) is 6.73. The minimum Gasteiger partial charge on any atom is -0.384 e. The van der Waals surface area contributed by atoms with Crippen LogP contribution in [0.4, 0.5) is 0 Å². The van der Waals surface area contributed by atoms with E-state index in [0.29, 0.717) is 18.3 Å². The van der Waals surface area contributed by atoms with E-state index in [1.807, 2.05) is 4.90 Å². The van der Waals surface area contributed by atoms with Crippen LogP contribution >= 0.6 is 12.4 Å². The molecule has 2 aliphatic rings. The monoisotopic (exact) mass is 276 g/mol. The highest BCUT2D eigenvalue weighted by Crippen LogP contribution is 2.33. The average molecular weight is 277 g/mol. The van der Waals surface area contributed by atoms with Crippen LogP contribution in [0.25, 0.3) is 0 Å². The van der Waals surface area contributed by atoms with Gasteiger partial charge in [0.05, 0.1) is 6.61 Å². The number of methoxy groups -OCH3 is 1. The van der Waals surface area contributed by atoms with Gasteiger partial charge in [0.2, 0.25) is 5.91 Å². The van der Waals surface area contributed by atoms with E-state index in [0.717, 1.165) is 26.1 Å². The first-order valence-corrected chi connectivity index (χ1v) is 6.73. The van der Waals surface area contributed by atoms with Crippen LogP contribution in [-0.2, 0) is 9.53 Å². The predicted molar refractivity (Wildman–Crippen MR) is 73.7 cm³/mol. The fourth-order valence-corrected chi connectivity index (χ4v) is 2.69. The van der Waals surface area contributed by atoms with Crippen molar-refractivity contribution in [3.63, 3.8) is 0 Å². The number of amides is 1. The molecule has 1 aliphatic carbocycles. The molecule has 2 rings (SSSR count). The predicted octanol–water partition coefficient (Wildman–Crippen LogP) is 1.42. The summed E-state index contributed by atoms with van der Waals surface area (Å²) in [5.74, 6) is 1.36. The van der Waals surface area contributed by atoms with Gasteiger partial charge < -0.3 is 15.4 Å². The van der Waals surface area contributed by atoms with Crippen molar-refractivity contribution in [2.24, 2.45) is 17.6 Å². The van der Waals surface area contributed by atoms with E-state index in [2.05, 4.69) is 0 Å². The molecule has 2 N–H and O–H groups in total. The summed E-state index contributed by atoms with van der Waals surface area (Å²) in [6.07, 6.45) is 5.22. The van der Waals surface area contributed by atoms with Crippen molar-refractivity contribution >= 4 is 18.3 Å². The van der Waals surface area contributed by atoms with Crippen LogP contribution in [0.5, 0.6) is 0 Å². The minimum absolute atomic E-state index is 0. The lowest BCUT2D eigenvalue weighted by atomic mass is 9.98. The van der Waals surface area contributed by atoms with Crippen LogP contribution in [0.15, 0.2) is 0 Å². The molecule has 0 aromatic carbocycles. The summed E-state index contributed by atoms with van der Waals surface area (Å²) in [5, 5.41) is 0. The summed E-state index contributed by atoms with van der Waals surface area (Å²) in [5.41, 5.74) is 6.01. The average Bonchev–Trinajstić information content (AvgIpc) is 3.13. The van der Waals surface area contributed by atoms with E-state index in [9.17, 15) is 4.79 Å². The summed E-state index contributed by atoms with van der Waals surface area (Å²) in [6.45, 7) is 2.51. The topological polar surface area (TPSA) is 55.6 Å². The zero-order valence-corrected chi connectivity index (χ0v) is 12.0. The van der Waals surface area contributed by atoms with Gasteiger partial charge in [-0.15, -0.1) is 12.4 Å². The largest absolute Gasteiger partial charge is 0.384 e. The maximum atomic E-state index is 12.1. The number of hydrogen-bond acceptors (Lipinski definition) is 3. The molecule has 1 aliphatic heterocycles. The van der Waals surface area contributed by atoms with Gasteiger partial charge in [0.15, 0.2) is 0 Å². The number of carbonyl (C=O) groups is 1. The standard InChI is InChI=1S/C13H24N2O2.ClH/c1-17-9-10-3-2-6-15(8-10)13(16)7-12(14)11-4-5-11;/h10-12H,2-9,14H2,1H3;1H. The third-order valence-corrected chi connectivity index (χ3v) is 3.91. The van der Waals surface area contributed by atoms with Gasteiger partial charge in [0, 0.05) is 32.7 Å². The fourth-order valence-electron chi connectivity index (χ4n) is 2.69. The Labute approximate surface area is 116 Å². The fraction of sp³-hybridized carbons (Fsp3) is 0.923. The molecule has 0 aromatic heterocycles. The van der Waals surface area contributed by atoms with E-state index in [1.54, 1.807) is 7.11 Å². The van der Waals surface area contributed by atoms with Gasteiger partial charge >= 0.3 is 0 Å². The number of nitrogens with zero attached hydrogens (tertiary/aromatic N) is 1. The van der Waals surface area contributed by atoms with Gasteiger partial charge in [-0.05, 0) is 37.5 Å². The van der Waals surface area contributed by atoms with Crippen LogP contribution < -0.4 is 5.73 Å². The molecule has 0 bridgehead atoms. The molecule has 106 valence electrons. The summed E-state index contributed by atoms with van der Waals surface area (Å²) in [7, 11) is 1.73. The van der Waals surface area contributed by atoms with Gasteiger partial charge in [-0.25, -0.2) is 0 Å². The maximum Gasteiger partial charge on any atom is 0.224 e. The number of likely N-dealkylation sites (tertiary alicyclic amines) is 1. The molecule has 1 saturated carbocycles. The summed E-state index contributed by atoms with van der Waals surface area (Å²) in [6, 6.07) is 0.0882. The Kier molecular flexibility index (Phi) is 6.39. The number of ether oxygens (including phenoxy) is 1. The van der Waals surface area contributed by atoms with Gasteiger partial charge in [-0.1, -0.05) is 0 Å². The molecule has 0 spiro atoms. The Balaban J connectivity index is 0.00000162. The third-order valence-electron chi connectivity index (χ3n) is 3.91. The smallest absolute Gasteiger partial charge is 0.224 e. The molecule has 1 amide bonds. The Morgan fingerprint density at radius 2 is 2.17 bits per heavy atom. The number of hydrogen-bond donors (Lipinski definition) is 1. The van der Waals surface area contributed by atoms with E-state index >= 15 is 0 Å². The number of nitrogens with two attached hydrogens (primary N) is 1. The number of piperidine rings is 1. The van der Waals surface area contributed by atoms with Crippen molar-refractivity contribution in [3.05, 3.63) is 0 Å². The summed E-state index contributed by atoms with van der Waals surface area (Å²) < 4.78 is 5.18. The maximum absolute atomic E-state index is 12.1. The van der Waals surface area contributed by atoms with Crippen LogP contribution in [0.1, 0.15) is 32.1 Å². The van der Waals surface area contributed by atoms with E-state index in [-0.39, 0.29) is 24.4 Å². The summed E-state index contributed by atoms with van der Waals surface area (Å²) in [4.78, 5) is 14.1. The van der Waals surface area contributed by atoms with Crippen molar-refractivity contribution in [2.75, 3.05) is 26.8 Å². The number of carbonyl (C=O) groups excluding carboxylic acids is 1. The number of rotatable bonds is 5. The van der Waals surface area contributed by atoms with Crippen molar-refractivity contribution in [2.45, 2.75) is 38.1 Å². The lowest BCUT2D eigenvalue weighted by Crippen LogP contribution is -2.43. The van der Waals surface area contributed by atoms with Gasteiger partial charge in [0.25, 0.3) is 0 Å². The Morgan fingerprint density at radius 1 is 1.44 bits per heavy atom. The van der Waals surface area contributed by atoms with Gasteiger partial charge in [-0.2, -0.15) is 0 Å². The second-order valence-corrected chi connectivity index (χ2v) is 5.51. The molecule has 5 heteroatoms.